The van der Waals surface area contributed by atoms with Crippen LogP contribution in [-0.2, 0) is 9.84 Å². The summed E-state index contributed by atoms with van der Waals surface area (Å²) >= 11 is 0. The molecule has 0 aromatic rings. The highest BCUT2D eigenvalue weighted by atomic mass is 32.2. The molecule has 0 aliphatic heterocycles. The minimum absolute atomic E-state index is 0.370. The third-order valence-electron chi connectivity index (χ3n) is 2.75. The van der Waals surface area contributed by atoms with E-state index in [1.165, 1.54) is 0 Å². The van der Waals surface area contributed by atoms with Gasteiger partial charge >= 0.3 is 0 Å². The maximum Gasteiger partial charge on any atom is 0.158 e. The van der Waals surface area contributed by atoms with Gasteiger partial charge in [-0.25, -0.2) is 8.42 Å². The van der Waals surface area contributed by atoms with Crippen LogP contribution in [-0.4, -0.2) is 30.1 Å². The second-order valence-corrected chi connectivity index (χ2v) is 6.75. The molecule has 1 N–H and O–H groups in total. The van der Waals surface area contributed by atoms with E-state index in [0.717, 1.165) is 12.8 Å². The van der Waals surface area contributed by atoms with Crippen LogP contribution in [0.4, 0.5) is 0 Å². The van der Waals surface area contributed by atoms with Gasteiger partial charge in [0.25, 0.3) is 0 Å². The van der Waals surface area contributed by atoms with Gasteiger partial charge in [0.05, 0.1) is 16.6 Å². The molecular weight excluding hydrogens is 188 g/mol. The first-order valence-electron chi connectivity index (χ1n) is 4.87. The van der Waals surface area contributed by atoms with Gasteiger partial charge in [-0.3, -0.25) is 0 Å². The number of hydrogen-bond acceptors (Lipinski definition) is 3. The van der Waals surface area contributed by atoms with Gasteiger partial charge in [0.2, 0.25) is 0 Å². The van der Waals surface area contributed by atoms with Crippen molar-refractivity contribution < 1.29 is 13.5 Å². The van der Waals surface area contributed by atoms with Crippen LogP contribution < -0.4 is 0 Å². The molecule has 1 aliphatic carbocycles. The number of rotatable bonds is 2. The van der Waals surface area contributed by atoms with Crippen molar-refractivity contribution in [1.82, 2.24) is 0 Å². The monoisotopic (exact) mass is 206 g/mol. The van der Waals surface area contributed by atoms with Gasteiger partial charge in [-0.2, -0.15) is 0 Å². The lowest BCUT2D eigenvalue weighted by atomic mass is 9.97. The summed E-state index contributed by atoms with van der Waals surface area (Å²) in [5, 5.41) is 8.69. The number of hydrogen-bond donors (Lipinski definition) is 1. The van der Waals surface area contributed by atoms with Crippen molar-refractivity contribution in [2.75, 3.05) is 0 Å². The summed E-state index contributed by atoms with van der Waals surface area (Å²) in [7, 11) is -3.10. The fourth-order valence-corrected chi connectivity index (χ4v) is 3.58. The Morgan fingerprint density at radius 2 is 1.77 bits per heavy atom. The summed E-state index contributed by atoms with van der Waals surface area (Å²) in [6, 6.07) is 0. The maximum atomic E-state index is 11.7. The minimum atomic E-state index is -3.10. The highest BCUT2D eigenvalue weighted by Crippen LogP contribution is 2.26. The number of aliphatic hydroxyl groups excluding tert-OH is 1. The van der Waals surface area contributed by atoms with Crippen LogP contribution in [0, 0.1) is 0 Å². The fourth-order valence-electron chi connectivity index (χ4n) is 1.81. The van der Waals surface area contributed by atoms with E-state index in [-0.39, 0.29) is 5.25 Å². The minimum Gasteiger partial charge on any atom is -0.392 e. The van der Waals surface area contributed by atoms with Crippen molar-refractivity contribution in [2.45, 2.75) is 56.1 Å². The lowest BCUT2D eigenvalue weighted by Crippen LogP contribution is -2.40. The highest BCUT2D eigenvalue weighted by molar-refractivity contribution is 7.92. The zero-order valence-corrected chi connectivity index (χ0v) is 9.05. The molecule has 13 heavy (non-hydrogen) atoms. The Balaban J connectivity index is 2.80. The quantitative estimate of drug-likeness (QED) is 0.736. The third-order valence-corrected chi connectivity index (χ3v) is 5.45. The molecule has 1 rings (SSSR count). The molecule has 2 atom stereocenters. The molecule has 3 nitrogen and oxygen atoms in total. The SMILES string of the molecule is CC(C)S(=O)(=O)C1CCCCC1O. The maximum absolute atomic E-state index is 11.7. The van der Waals surface area contributed by atoms with Crippen molar-refractivity contribution in [1.29, 1.82) is 0 Å². The van der Waals surface area contributed by atoms with Gasteiger partial charge in [-0.1, -0.05) is 12.8 Å². The van der Waals surface area contributed by atoms with E-state index in [4.69, 9.17) is 0 Å². The fraction of sp³-hybridized carbons (Fsp3) is 1.00. The summed E-state index contributed by atoms with van der Waals surface area (Å²) in [4.78, 5) is 0. The van der Waals surface area contributed by atoms with Gasteiger partial charge in [0.15, 0.2) is 9.84 Å². The average molecular weight is 206 g/mol. The number of aliphatic hydroxyl groups is 1. The van der Waals surface area contributed by atoms with Crippen LogP contribution in [0.1, 0.15) is 39.5 Å². The topological polar surface area (TPSA) is 54.4 Å². The zero-order chi connectivity index (χ0) is 10.1. The summed E-state index contributed by atoms with van der Waals surface area (Å²) in [6.45, 7) is 3.35. The molecule has 2 unspecified atom stereocenters. The first kappa shape index (κ1) is 11.0. The summed E-state index contributed by atoms with van der Waals surface area (Å²) in [5.74, 6) is 0. The van der Waals surface area contributed by atoms with Crippen molar-refractivity contribution in [3.8, 4) is 0 Å². The van der Waals surface area contributed by atoms with Crippen molar-refractivity contribution in [3.63, 3.8) is 0 Å². The zero-order valence-electron chi connectivity index (χ0n) is 8.23. The first-order valence-corrected chi connectivity index (χ1v) is 6.48. The molecular formula is C9H18O3S. The highest BCUT2D eigenvalue weighted by Gasteiger charge is 2.35. The molecule has 1 fully saturated rings. The predicted molar refractivity (Wildman–Crippen MR) is 52.3 cm³/mol. The smallest absolute Gasteiger partial charge is 0.158 e. The van der Waals surface area contributed by atoms with E-state index in [2.05, 4.69) is 0 Å². The third kappa shape index (κ3) is 2.23. The lowest BCUT2D eigenvalue weighted by molar-refractivity contribution is 0.133. The Bertz CT molecular complexity index is 256. The van der Waals surface area contributed by atoms with Crippen LogP contribution in [0.25, 0.3) is 0 Å². The van der Waals surface area contributed by atoms with Crippen molar-refractivity contribution >= 4 is 9.84 Å². The molecule has 0 aromatic carbocycles. The van der Waals surface area contributed by atoms with Gasteiger partial charge in [-0.15, -0.1) is 0 Å². The Morgan fingerprint density at radius 1 is 1.23 bits per heavy atom. The van der Waals surface area contributed by atoms with Gasteiger partial charge < -0.3 is 5.11 Å². The van der Waals surface area contributed by atoms with Crippen LogP contribution in [0.2, 0.25) is 0 Å². The van der Waals surface area contributed by atoms with Crippen LogP contribution in [0.3, 0.4) is 0 Å². The molecule has 78 valence electrons. The average Bonchev–Trinajstić information content (AvgIpc) is 2.04. The van der Waals surface area contributed by atoms with Gasteiger partial charge in [0.1, 0.15) is 0 Å². The molecule has 1 aliphatic rings. The van der Waals surface area contributed by atoms with E-state index in [1.54, 1.807) is 13.8 Å². The lowest BCUT2D eigenvalue weighted by Gasteiger charge is -2.28. The number of sulfone groups is 1. The van der Waals surface area contributed by atoms with Crippen molar-refractivity contribution in [3.05, 3.63) is 0 Å². The van der Waals surface area contributed by atoms with Crippen LogP contribution >= 0.6 is 0 Å². The largest absolute Gasteiger partial charge is 0.392 e. The normalized spacial score (nSPS) is 30.8. The molecule has 0 heterocycles. The van der Waals surface area contributed by atoms with Crippen LogP contribution in [0.15, 0.2) is 0 Å². The predicted octanol–water partition coefficient (Wildman–Crippen LogP) is 1.11. The van der Waals surface area contributed by atoms with Crippen molar-refractivity contribution in [2.24, 2.45) is 0 Å². The first-order chi connectivity index (χ1) is 5.96. The molecule has 4 heteroatoms. The Morgan fingerprint density at radius 3 is 2.23 bits per heavy atom. The molecule has 0 radical (unpaired) electrons. The standard InChI is InChI=1S/C9H18O3S/c1-7(2)13(11,12)9-6-4-3-5-8(9)10/h7-10H,3-6H2,1-2H3. The van der Waals surface area contributed by atoms with E-state index in [9.17, 15) is 13.5 Å². The second kappa shape index (κ2) is 3.96. The Labute approximate surface area is 80.1 Å². The molecule has 0 aromatic heterocycles. The Hall–Kier alpha value is -0.0900. The summed E-state index contributed by atoms with van der Waals surface area (Å²) < 4.78 is 23.5. The van der Waals surface area contributed by atoms with Gasteiger partial charge in [-0.05, 0) is 26.7 Å². The molecule has 0 amide bonds. The van der Waals surface area contributed by atoms with E-state index < -0.39 is 21.2 Å². The summed E-state index contributed by atoms with van der Waals surface area (Å²) in [5.41, 5.74) is 0. The summed E-state index contributed by atoms with van der Waals surface area (Å²) in [6.07, 6.45) is 2.50. The van der Waals surface area contributed by atoms with E-state index >= 15 is 0 Å². The molecule has 0 spiro atoms. The molecule has 1 saturated carbocycles. The molecule has 0 saturated heterocycles. The van der Waals surface area contributed by atoms with Gasteiger partial charge in [0, 0.05) is 0 Å². The Kier molecular flexibility index (Phi) is 3.35. The van der Waals surface area contributed by atoms with E-state index in [0.29, 0.717) is 12.8 Å². The second-order valence-electron chi connectivity index (χ2n) is 4.03. The molecule has 0 bridgehead atoms. The van der Waals surface area contributed by atoms with E-state index in [1.807, 2.05) is 0 Å². The van der Waals surface area contributed by atoms with Crippen LogP contribution in [0.5, 0.6) is 0 Å².